The summed E-state index contributed by atoms with van der Waals surface area (Å²) in [5, 5.41) is 0. The summed E-state index contributed by atoms with van der Waals surface area (Å²) in [7, 11) is -4.72. The zero-order valence-corrected chi connectivity index (χ0v) is 18.8. The number of hydrogen-bond donors (Lipinski definition) is 1. The second kappa shape index (κ2) is 13.1. The number of hydrogen-bond acceptors (Lipinski definition) is 6. The van der Waals surface area contributed by atoms with E-state index in [1.54, 1.807) is 0 Å². The van der Waals surface area contributed by atoms with Crippen LogP contribution >= 0.6 is 0 Å². The van der Waals surface area contributed by atoms with Crippen LogP contribution in [0.2, 0.25) is 0 Å². The molecule has 9 heteroatoms. The molecule has 7 nitrogen and oxygen atoms in total. The van der Waals surface area contributed by atoms with Crippen LogP contribution < -0.4 is 18.9 Å². The van der Waals surface area contributed by atoms with E-state index in [1.165, 1.54) is 6.07 Å². The fourth-order valence-electron chi connectivity index (χ4n) is 2.51. The Hall–Kier alpha value is -1.33. The molecular formula is C20H31LiO7S. The van der Waals surface area contributed by atoms with E-state index in [0.717, 1.165) is 25.0 Å². The van der Waals surface area contributed by atoms with Gasteiger partial charge in [0.15, 0.2) is 0 Å². The van der Waals surface area contributed by atoms with Crippen LogP contribution in [0, 0.1) is 11.8 Å². The van der Waals surface area contributed by atoms with E-state index in [2.05, 4.69) is 13.8 Å². The van der Waals surface area contributed by atoms with Gasteiger partial charge in [-0.1, -0.05) is 27.7 Å². The molecule has 0 saturated carbocycles. The number of rotatable bonds is 11. The summed E-state index contributed by atoms with van der Waals surface area (Å²) in [5.74, 6) is -0.646. The second-order valence-electron chi connectivity index (χ2n) is 7.53. The minimum Gasteiger partial charge on any atom is -1.00 e. The summed E-state index contributed by atoms with van der Waals surface area (Å²) in [6, 6.07) is 3.37. The van der Waals surface area contributed by atoms with Gasteiger partial charge in [0.1, 0.15) is 4.90 Å². The summed E-state index contributed by atoms with van der Waals surface area (Å²) in [5.41, 5.74) is -0.378. The van der Waals surface area contributed by atoms with Crippen molar-refractivity contribution >= 4 is 22.1 Å². The Kier molecular flexibility index (Phi) is 12.5. The van der Waals surface area contributed by atoms with Crippen LogP contribution in [-0.2, 0) is 19.6 Å². The van der Waals surface area contributed by atoms with Gasteiger partial charge in [0.2, 0.25) is 0 Å². The first kappa shape index (κ1) is 27.7. The summed E-state index contributed by atoms with van der Waals surface area (Å²) < 4.78 is 43.0. The molecule has 1 N–H and O–H groups in total. The Bertz CT molecular complexity index is 779. The third kappa shape index (κ3) is 10.3. The third-order valence-electron chi connectivity index (χ3n) is 4.03. The minimum absolute atomic E-state index is 0. The second-order valence-corrected chi connectivity index (χ2v) is 8.92. The third-order valence-corrected chi connectivity index (χ3v) is 4.93. The number of ether oxygens (including phenoxy) is 2. The van der Waals surface area contributed by atoms with E-state index >= 15 is 0 Å². The Morgan fingerprint density at radius 3 is 1.90 bits per heavy atom. The smallest absolute Gasteiger partial charge is 1.00 e. The molecule has 29 heavy (non-hydrogen) atoms. The zero-order chi connectivity index (χ0) is 21.3. The normalized spacial score (nSPS) is 11.3. The molecule has 0 aliphatic carbocycles. The van der Waals surface area contributed by atoms with Gasteiger partial charge in [-0.15, -0.1) is 0 Å². The van der Waals surface area contributed by atoms with Crippen molar-refractivity contribution in [3.63, 3.8) is 0 Å². The van der Waals surface area contributed by atoms with Crippen molar-refractivity contribution in [1.82, 2.24) is 0 Å². The molecule has 1 aromatic carbocycles. The SMILES string of the molecule is CC(C)CCCOC(=O)c1ccc(C(=O)OCCCC(C)C)c(S(=O)(=O)O)c1.[H-].[Li+]. The monoisotopic (exact) mass is 422 g/mol. The Morgan fingerprint density at radius 1 is 0.966 bits per heavy atom. The van der Waals surface area contributed by atoms with Gasteiger partial charge in [0, 0.05) is 0 Å². The molecule has 0 aromatic heterocycles. The van der Waals surface area contributed by atoms with E-state index in [-0.39, 0.29) is 44.6 Å². The van der Waals surface area contributed by atoms with Crippen LogP contribution in [-0.4, -0.2) is 38.1 Å². The van der Waals surface area contributed by atoms with Crippen LogP contribution in [0.3, 0.4) is 0 Å². The molecule has 0 amide bonds. The first-order valence-electron chi connectivity index (χ1n) is 9.48. The molecule has 0 radical (unpaired) electrons. The van der Waals surface area contributed by atoms with Crippen molar-refractivity contribution in [3.8, 4) is 0 Å². The molecular weight excluding hydrogens is 391 g/mol. The van der Waals surface area contributed by atoms with E-state index < -0.39 is 27.0 Å². The van der Waals surface area contributed by atoms with E-state index in [9.17, 15) is 22.6 Å². The van der Waals surface area contributed by atoms with Gasteiger partial charge in [-0.05, 0) is 55.7 Å². The quantitative estimate of drug-likeness (QED) is 0.247. The Morgan fingerprint density at radius 2 is 1.45 bits per heavy atom. The number of esters is 2. The van der Waals surface area contributed by atoms with Crippen LogP contribution in [0.4, 0.5) is 0 Å². The summed E-state index contributed by atoms with van der Waals surface area (Å²) >= 11 is 0. The average molecular weight is 422 g/mol. The summed E-state index contributed by atoms with van der Waals surface area (Å²) in [6.07, 6.45) is 3.09. The maximum Gasteiger partial charge on any atom is 1.00 e. The van der Waals surface area contributed by atoms with Crippen molar-refractivity contribution in [2.45, 2.75) is 58.3 Å². The van der Waals surface area contributed by atoms with Crippen molar-refractivity contribution in [1.29, 1.82) is 0 Å². The first-order valence-corrected chi connectivity index (χ1v) is 10.9. The molecule has 0 aliphatic heterocycles. The maximum atomic E-state index is 12.2. The molecule has 0 saturated heterocycles. The number of benzene rings is 1. The summed E-state index contributed by atoms with van der Waals surface area (Å²) in [6.45, 7) is 8.54. The van der Waals surface area contributed by atoms with Crippen LogP contribution in [0.1, 0.15) is 75.5 Å². The van der Waals surface area contributed by atoms with Crippen molar-refractivity contribution in [3.05, 3.63) is 29.3 Å². The van der Waals surface area contributed by atoms with Crippen LogP contribution in [0.5, 0.6) is 0 Å². The van der Waals surface area contributed by atoms with Crippen LogP contribution in [0.25, 0.3) is 0 Å². The molecule has 0 aliphatic rings. The molecule has 0 bridgehead atoms. The van der Waals surface area contributed by atoms with Gasteiger partial charge in [0.05, 0.1) is 24.3 Å². The molecule has 0 atom stereocenters. The Labute approximate surface area is 187 Å². The van der Waals surface area contributed by atoms with Crippen LogP contribution in [0.15, 0.2) is 23.1 Å². The van der Waals surface area contributed by atoms with Gasteiger partial charge in [-0.25, -0.2) is 9.59 Å². The molecule has 0 spiro atoms. The zero-order valence-electron chi connectivity index (χ0n) is 18.9. The Balaban J connectivity index is 0. The van der Waals surface area contributed by atoms with E-state index in [4.69, 9.17) is 9.47 Å². The largest absolute Gasteiger partial charge is 1.00 e. The predicted octanol–water partition coefficient (Wildman–Crippen LogP) is 1.24. The molecule has 1 rings (SSSR count). The van der Waals surface area contributed by atoms with Gasteiger partial charge in [0.25, 0.3) is 10.1 Å². The molecule has 0 unspecified atom stereocenters. The standard InChI is InChI=1S/C20H30O7S.Li.H/c1-14(2)7-5-11-26-19(21)16-9-10-17(18(13-16)28(23,24)25)20(22)27-12-6-8-15(3)4;;/h9-10,13-15H,5-8,11-12H2,1-4H3,(H,23,24,25);;/q;+1;-1. The first-order chi connectivity index (χ1) is 13.0. The fourth-order valence-corrected chi connectivity index (χ4v) is 3.21. The van der Waals surface area contributed by atoms with Gasteiger partial charge >= 0.3 is 30.8 Å². The van der Waals surface area contributed by atoms with Crippen molar-refractivity contribution in [2.75, 3.05) is 13.2 Å². The fraction of sp³-hybridized carbons (Fsp3) is 0.600. The minimum atomic E-state index is -4.72. The predicted molar refractivity (Wildman–Crippen MR) is 106 cm³/mol. The number of carbonyl (C=O) groups excluding carboxylic acids is 2. The van der Waals surface area contributed by atoms with Crippen molar-refractivity contribution < 1.29 is 52.3 Å². The molecule has 0 fully saturated rings. The van der Waals surface area contributed by atoms with E-state index in [1.807, 2.05) is 13.8 Å². The molecule has 1 aromatic rings. The average Bonchev–Trinajstić information content (AvgIpc) is 2.60. The maximum absolute atomic E-state index is 12.2. The number of carbonyl (C=O) groups is 2. The van der Waals surface area contributed by atoms with Crippen molar-refractivity contribution in [2.24, 2.45) is 11.8 Å². The topological polar surface area (TPSA) is 107 Å². The van der Waals surface area contributed by atoms with E-state index in [0.29, 0.717) is 24.7 Å². The van der Waals surface area contributed by atoms with Gasteiger partial charge in [-0.3, -0.25) is 4.55 Å². The van der Waals surface area contributed by atoms with Gasteiger partial charge in [-0.2, -0.15) is 8.42 Å². The van der Waals surface area contributed by atoms with Gasteiger partial charge < -0.3 is 10.9 Å². The summed E-state index contributed by atoms with van der Waals surface area (Å²) in [4.78, 5) is 23.6. The molecule has 160 valence electrons. The molecule has 0 heterocycles.